The summed E-state index contributed by atoms with van der Waals surface area (Å²) in [7, 11) is -3.55. The molecule has 1 saturated heterocycles. The molecule has 24 heavy (non-hydrogen) atoms. The summed E-state index contributed by atoms with van der Waals surface area (Å²) in [6.45, 7) is 3.91. The molecule has 0 spiro atoms. The highest BCUT2D eigenvalue weighted by atomic mass is 32.2. The number of rotatable bonds is 5. The average molecular weight is 346 g/mol. The van der Waals surface area contributed by atoms with E-state index < -0.39 is 10.0 Å². The Morgan fingerprint density at radius 1 is 1.29 bits per heavy atom. The highest BCUT2D eigenvalue weighted by molar-refractivity contribution is 7.89. The zero-order valence-electron chi connectivity index (χ0n) is 13.8. The van der Waals surface area contributed by atoms with Crippen LogP contribution in [0.2, 0.25) is 0 Å². The number of fused-ring (bicyclic) bond motifs is 1. The molecule has 1 aromatic carbocycles. The van der Waals surface area contributed by atoms with Gasteiger partial charge in [0.2, 0.25) is 10.0 Å². The van der Waals surface area contributed by atoms with Crippen LogP contribution in [0.3, 0.4) is 0 Å². The van der Waals surface area contributed by atoms with Crippen molar-refractivity contribution in [2.75, 3.05) is 19.8 Å². The van der Waals surface area contributed by atoms with Gasteiger partial charge in [-0.25, -0.2) is 8.42 Å². The molecule has 2 aliphatic rings. The Balaban J connectivity index is 1.75. The van der Waals surface area contributed by atoms with Gasteiger partial charge in [0.1, 0.15) is 4.90 Å². The number of hydrogen-bond acceptors (Lipinski definition) is 4. The second-order valence-electron chi connectivity index (χ2n) is 6.88. The molecule has 5 nitrogen and oxygen atoms in total. The number of aromatic nitrogens is 1. The largest absolute Gasteiger partial charge is 0.381 e. The lowest BCUT2D eigenvalue weighted by Crippen LogP contribution is -2.37. The number of ether oxygens (including phenoxy) is 1. The minimum atomic E-state index is -3.55. The van der Waals surface area contributed by atoms with Gasteiger partial charge in [0.25, 0.3) is 0 Å². The zero-order valence-corrected chi connectivity index (χ0v) is 14.6. The van der Waals surface area contributed by atoms with Crippen molar-refractivity contribution in [3.63, 3.8) is 0 Å². The predicted octanol–water partition coefficient (Wildman–Crippen LogP) is 2.73. The lowest BCUT2D eigenvalue weighted by molar-refractivity contribution is 0.180. The third-order valence-electron chi connectivity index (χ3n) is 4.81. The van der Waals surface area contributed by atoms with Crippen molar-refractivity contribution in [2.24, 2.45) is 5.92 Å². The van der Waals surface area contributed by atoms with Crippen molar-refractivity contribution < 1.29 is 13.2 Å². The summed E-state index contributed by atoms with van der Waals surface area (Å²) >= 11 is 0. The molecule has 1 aliphatic heterocycles. The Morgan fingerprint density at radius 2 is 2.12 bits per heavy atom. The maximum Gasteiger partial charge on any atom is 0.245 e. The number of hydrogen-bond donors (Lipinski definition) is 0. The second-order valence-corrected chi connectivity index (χ2v) is 8.74. The van der Waals surface area contributed by atoms with Crippen LogP contribution in [0.4, 0.5) is 0 Å². The molecule has 1 atom stereocenters. The molecule has 0 radical (unpaired) electrons. The fourth-order valence-electron chi connectivity index (χ4n) is 3.37. The van der Waals surface area contributed by atoms with Gasteiger partial charge in [-0.15, -0.1) is 0 Å². The first-order valence-electron chi connectivity index (χ1n) is 8.50. The summed E-state index contributed by atoms with van der Waals surface area (Å²) in [5.74, 6) is 0.297. The van der Waals surface area contributed by atoms with E-state index in [-0.39, 0.29) is 6.04 Å². The van der Waals surface area contributed by atoms with E-state index in [1.54, 1.807) is 22.6 Å². The molecular weight excluding hydrogens is 324 g/mol. The van der Waals surface area contributed by atoms with Gasteiger partial charge in [-0.1, -0.05) is 12.1 Å². The molecule has 0 bridgehead atoms. The first kappa shape index (κ1) is 16.0. The maximum absolute atomic E-state index is 13.3. The number of para-hydroxylation sites is 1. The number of benzene rings is 1. The third kappa shape index (κ3) is 2.94. The molecule has 1 aromatic heterocycles. The summed E-state index contributed by atoms with van der Waals surface area (Å²) < 4.78 is 33.8. The predicted molar refractivity (Wildman–Crippen MR) is 92.3 cm³/mol. The summed E-state index contributed by atoms with van der Waals surface area (Å²) in [6, 6.07) is 7.52. The molecule has 1 aliphatic carbocycles. The molecule has 2 fully saturated rings. The summed E-state index contributed by atoms with van der Waals surface area (Å²) in [6.07, 6.45) is 4.56. The first-order valence-corrected chi connectivity index (χ1v) is 9.94. The van der Waals surface area contributed by atoms with E-state index in [0.717, 1.165) is 36.8 Å². The molecular formula is C18H22N2O3S. The van der Waals surface area contributed by atoms with E-state index in [4.69, 9.17) is 4.74 Å². The lowest BCUT2D eigenvalue weighted by Gasteiger charge is -2.25. The Hall–Kier alpha value is -1.50. The smallest absolute Gasteiger partial charge is 0.245 e. The van der Waals surface area contributed by atoms with Gasteiger partial charge < -0.3 is 4.74 Å². The number of nitrogens with zero attached hydrogens (tertiary/aromatic N) is 2. The van der Waals surface area contributed by atoms with Crippen LogP contribution in [0.25, 0.3) is 10.9 Å². The standard InChI is InChI=1S/C18H22N2O3S/c1-13-9-15-3-2-4-17(18(15)19-10-13)24(21,22)20(16-5-6-16)11-14-7-8-23-12-14/h2-4,9-10,14,16H,5-8,11-12H2,1H3/t14-/m1/s1. The minimum Gasteiger partial charge on any atom is -0.381 e. The van der Waals surface area contributed by atoms with Crippen LogP contribution < -0.4 is 0 Å². The molecule has 0 N–H and O–H groups in total. The highest BCUT2D eigenvalue weighted by Crippen LogP contribution is 2.35. The number of pyridine rings is 1. The van der Waals surface area contributed by atoms with E-state index in [1.165, 1.54) is 0 Å². The SMILES string of the molecule is Cc1cnc2c(S(=O)(=O)N(C[C@H]3CCOC3)C3CC3)cccc2c1. The second kappa shape index (κ2) is 6.10. The summed E-state index contributed by atoms with van der Waals surface area (Å²) in [5.41, 5.74) is 1.59. The zero-order chi connectivity index (χ0) is 16.7. The summed E-state index contributed by atoms with van der Waals surface area (Å²) in [4.78, 5) is 4.74. The van der Waals surface area contributed by atoms with Gasteiger partial charge in [-0.2, -0.15) is 4.31 Å². The monoisotopic (exact) mass is 346 g/mol. The molecule has 0 unspecified atom stereocenters. The molecule has 2 heterocycles. The van der Waals surface area contributed by atoms with Gasteiger partial charge in [0, 0.05) is 30.8 Å². The normalized spacial score (nSPS) is 21.7. The maximum atomic E-state index is 13.3. The van der Waals surface area contributed by atoms with Crippen molar-refractivity contribution in [3.05, 3.63) is 36.0 Å². The van der Waals surface area contributed by atoms with Crippen molar-refractivity contribution in [3.8, 4) is 0 Å². The van der Waals surface area contributed by atoms with Gasteiger partial charge in [-0.05, 0) is 49.8 Å². The Bertz CT molecular complexity index is 856. The van der Waals surface area contributed by atoms with Crippen LogP contribution in [-0.4, -0.2) is 43.5 Å². The van der Waals surface area contributed by atoms with Crippen LogP contribution in [0.15, 0.2) is 35.4 Å². The van der Waals surface area contributed by atoms with Crippen LogP contribution in [0.5, 0.6) is 0 Å². The number of aryl methyl sites for hydroxylation is 1. The van der Waals surface area contributed by atoms with Gasteiger partial charge in [0.05, 0.1) is 12.1 Å². The Kier molecular flexibility index (Phi) is 4.06. The quantitative estimate of drug-likeness (QED) is 0.835. The van der Waals surface area contributed by atoms with Gasteiger partial charge >= 0.3 is 0 Å². The van der Waals surface area contributed by atoms with E-state index >= 15 is 0 Å². The molecule has 0 amide bonds. The fourth-order valence-corrected chi connectivity index (χ4v) is 5.29. The topological polar surface area (TPSA) is 59.5 Å². The van der Waals surface area contributed by atoms with Crippen LogP contribution in [0.1, 0.15) is 24.8 Å². The van der Waals surface area contributed by atoms with E-state index in [0.29, 0.717) is 29.5 Å². The van der Waals surface area contributed by atoms with Crippen LogP contribution in [0, 0.1) is 12.8 Å². The van der Waals surface area contributed by atoms with Crippen LogP contribution in [-0.2, 0) is 14.8 Å². The van der Waals surface area contributed by atoms with E-state index in [2.05, 4.69) is 4.98 Å². The fraction of sp³-hybridized carbons (Fsp3) is 0.500. The number of sulfonamides is 1. The Morgan fingerprint density at radius 3 is 2.83 bits per heavy atom. The lowest BCUT2D eigenvalue weighted by atomic mass is 10.1. The first-order chi connectivity index (χ1) is 11.6. The molecule has 2 aromatic rings. The van der Waals surface area contributed by atoms with Crippen molar-refractivity contribution >= 4 is 20.9 Å². The summed E-state index contributed by atoms with van der Waals surface area (Å²) in [5, 5.41) is 0.871. The molecule has 1 saturated carbocycles. The van der Waals surface area contributed by atoms with Crippen molar-refractivity contribution in [2.45, 2.75) is 37.1 Å². The average Bonchev–Trinajstić information content (AvgIpc) is 3.27. The van der Waals surface area contributed by atoms with Gasteiger partial charge in [-0.3, -0.25) is 4.98 Å². The molecule has 6 heteroatoms. The van der Waals surface area contributed by atoms with E-state index in [1.807, 2.05) is 19.1 Å². The Labute approximate surface area is 142 Å². The van der Waals surface area contributed by atoms with Crippen LogP contribution >= 0.6 is 0 Å². The molecule has 128 valence electrons. The highest BCUT2D eigenvalue weighted by Gasteiger charge is 2.40. The third-order valence-corrected chi connectivity index (χ3v) is 6.76. The van der Waals surface area contributed by atoms with Crippen molar-refractivity contribution in [1.29, 1.82) is 0 Å². The van der Waals surface area contributed by atoms with Crippen molar-refractivity contribution in [1.82, 2.24) is 9.29 Å². The van der Waals surface area contributed by atoms with Gasteiger partial charge in [0.15, 0.2) is 0 Å². The van der Waals surface area contributed by atoms with E-state index in [9.17, 15) is 8.42 Å². The molecule has 4 rings (SSSR count). The minimum absolute atomic E-state index is 0.135.